The molecule has 3 aliphatic carbocycles. The van der Waals surface area contributed by atoms with Crippen LogP contribution in [0, 0.1) is 23.7 Å². The molecule has 5 atom stereocenters. The lowest BCUT2D eigenvalue weighted by Crippen LogP contribution is -2.48. The molecule has 0 aromatic heterocycles. The monoisotopic (exact) mass is 223 g/mol. The van der Waals surface area contributed by atoms with Crippen molar-refractivity contribution in [2.45, 2.75) is 25.3 Å². The average Bonchev–Trinajstić information content (AvgIpc) is 2.87. The zero-order chi connectivity index (χ0) is 10.4. The molecule has 2 saturated carbocycles. The van der Waals surface area contributed by atoms with Crippen LogP contribution < -0.4 is 16.6 Å². The Morgan fingerprint density at radius 1 is 1.33 bits per heavy atom. The van der Waals surface area contributed by atoms with E-state index >= 15 is 0 Å². The SMILES string of the molecule is NNC(=S)N[C@@H]1C[C@H]2C[C@H]1[C@@H]1C=CC[C@H]21. The third-order valence-electron chi connectivity index (χ3n) is 4.46. The van der Waals surface area contributed by atoms with Gasteiger partial charge in [0.25, 0.3) is 0 Å². The van der Waals surface area contributed by atoms with E-state index in [1.165, 1.54) is 19.3 Å². The van der Waals surface area contributed by atoms with Gasteiger partial charge in [0.2, 0.25) is 0 Å². The molecule has 3 aliphatic rings. The Balaban J connectivity index is 1.70. The first kappa shape index (κ1) is 9.60. The number of thiocarbonyl (C=S) groups is 1. The number of hydrogen-bond donors (Lipinski definition) is 3. The average molecular weight is 223 g/mol. The topological polar surface area (TPSA) is 50.1 Å². The van der Waals surface area contributed by atoms with E-state index in [2.05, 4.69) is 22.9 Å². The van der Waals surface area contributed by atoms with Gasteiger partial charge in [0.05, 0.1) is 0 Å². The molecule has 4 heteroatoms. The zero-order valence-corrected chi connectivity index (χ0v) is 9.46. The first-order valence-electron chi connectivity index (χ1n) is 5.73. The number of nitrogens with two attached hydrogens (primary N) is 1. The van der Waals surface area contributed by atoms with Crippen molar-refractivity contribution in [1.82, 2.24) is 10.7 Å². The summed E-state index contributed by atoms with van der Waals surface area (Å²) in [5.41, 5.74) is 2.51. The van der Waals surface area contributed by atoms with Gasteiger partial charge < -0.3 is 10.7 Å². The Morgan fingerprint density at radius 2 is 2.20 bits per heavy atom. The van der Waals surface area contributed by atoms with E-state index < -0.39 is 0 Å². The Morgan fingerprint density at radius 3 is 3.00 bits per heavy atom. The van der Waals surface area contributed by atoms with Crippen molar-refractivity contribution in [1.29, 1.82) is 0 Å². The van der Waals surface area contributed by atoms with Gasteiger partial charge in [-0.15, -0.1) is 0 Å². The highest BCUT2D eigenvalue weighted by molar-refractivity contribution is 7.80. The third kappa shape index (κ3) is 1.39. The molecule has 0 amide bonds. The molecule has 0 radical (unpaired) electrons. The van der Waals surface area contributed by atoms with Crippen LogP contribution in [-0.4, -0.2) is 11.2 Å². The van der Waals surface area contributed by atoms with Crippen LogP contribution in [0.15, 0.2) is 12.2 Å². The second-order valence-corrected chi connectivity index (χ2v) is 5.43. The van der Waals surface area contributed by atoms with E-state index in [9.17, 15) is 0 Å². The fourth-order valence-electron chi connectivity index (χ4n) is 3.92. The number of rotatable bonds is 1. The summed E-state index contributed by atoms with van der Waals surface area (Å²) in [5.74, 6) is 8.72. The van der Waals surface area contributed by atoms with E-state index in [1.807, 2.05) is 0 Å². The molecule has 3 rings (SSSR count). The molecule has 0 aromatic carbocycles. The summed E-state index contributed by atoms with van der Waals surface area (Å²) in [6.45, 7) is 0. The van der Waals surface area contributed by atoms with Crippen LogP contribution >= 0.6 is 12.2 Å². The summed E-state index contributed by atoms with van der Waals surface area (Å²) in [6.07, 6.45) is 8.73. The smallest absolute Gasteiger partial charge is 0.180 e. The Labute approximate surface area is 95.5 Å². The molecule has 82 valence electrons. The van der Waals surface area contributed by atoms with Crippen molar-refractivity contribution in [3.63, 3.8) is 0 Å². The molecule has 0 aliphatic heterocycles. The molecule has 3 nitrogen and oxygen atoms in total. The quantitative estimate of drug-likeness (QED) is 0.268. The van der Waals surface area contributed by atoms with E-state index in [1.54, 1.807) is 0 Å². The molecule has 2 fully saturated rings. The van der Waals surface area contributed by atoms with Crippen molar-refractivity contribution in [2.75, 3.05) is 0 Å². The highest BCUT2D eigenvalue weighted by Gasteiger charge is 2.52. The van der Waals surface area contributed by atoms with Crippen LogP contribution in [0.2, 0.25) is 0 Å². The minimum atomic E-state index is 0.544. The summed E-state index contributed by atoms with van der Waals surface area (Å²) in [6, 6.07) is 0.544. The molecular formula is C11H17N3S. The van der Waals surface area contributed by atoms with E-state index in [4.69, 9.17) is 18.1 Å². The molecular weight excluding hydrogens is 206 g/mol. The van der Waals surface area contributed by atoms with Gasteiger partial charge in [-0.25, -0.2) is 5.84 Å². The highest BCUT2D eigenvalue weighted by Crippen LogP contribution is 2.56. The maximum atomic E-state index is 5.29. The number of fused-ring (bicyclic) bond motifs is 5. The van der Waals surface area contributed by atoms with E-state index in [-0.39, 0.29) is 0 Å². The summed E-state index contributed by atoms with van der Waals surface area (Å²) in [7, 11) is 0. The molecule has 15 heavy (non-hydrogen) atoms. The predicted octanol–water partition coefficient (Wildman–Crippen LogP) is 0.925. The highest BCUT2D eigenvalue weighted by atomic mass is 32.1. The van der Waals surface area contributed by atoms with Crippen molar-refractivity contribution in [3.05, 3.63) is 12.2 Å². The molecule has 2 bridgehead atoms. The van der Waals surface area contributed by atoms with Gasteiger partial charge in [0, 0.05) is 6.04 Å². The van der Waals surface area contributed by atoms with Crippen molar-refractivity contribution < 1.29 is 0 Å². The van der Waals surface area contributed by atoms with Crippen LogP contribution in [0.4, 0.5) is 0 Å². The van der Waals surface area contributed by atoms with Gasteiger partial charge in [-0.3, -0.25) is 0 Å². The van der Waals surface area contributed by atoms with Crippen molar-refractivity contribution in [3.8, 4) is 0 Å². The maximum Gasteiger partial charge on any atom is 0.180 e. The molecule has 4 N–H and O–H groups in total. The van der Waals surface area contributed by atoms with E-state index in [0.717, 1.165) is 23.7 Å². The van der Waals surface area contributed by atoms with Crippen LogP contribution in [0.3, 0.4) is 0 Å². The molecule has 0 spiro atoms. The molecule has 0 aromatic rings. The Bertz CT molecular complexity index is 315. The van der Waals surface area contributed by atoms with Crippen LogP contribution in [0.25, 0.3) is 0 Å². The van der Waals surface area contributed by atoms with Crippen LogP contribution in [0.1, 0.15) is 19.3 Å². The normalized spacial score (nSPS) is 45.5. The van der Waals surface area contributed by atoms with Gasteiger partial charge in [-0.1, -0.05) is 12.2 Å². The third-order valence-corrected chi connectivity index (χ3v) is 4.69. The number of hydrogen-bond acceptors (Lipinski definition) is 2. The summed E-state index contributed by atoms with van der Waals surface area (Å²) >= 11 is 5.06. The minimum absolute atomic E-state index is 0.544. The lowest BCUT2D eigenvalue weighted by molar-refractivity contribution is 0.246. The fourth-order valence-corrected chi connectivity index (χ4v) is 4.07. The summed E-state index contributed by atoms with van der Waals surface area (Å²) < 4.78 is 0. The fraction of sp³-hybridized carbons (Fsp3) is 0.727. The van der Waals surface area contributed by atoms with Crippen LogP contribution in [-0.2, 0) is 0 Å². The number of nitrogens with one attached hydrogen (secondary N) is 2. The van der Waals surface area contributed by atoms with Crippen molar-refractivity contribution >= 4 is 17.3 Å². The van der Waals surface area contributed by atoms with Gasteiger partial charge in [-0.2, -0.15) is 0 Å². The Kier molecular flexibility index (Phi) is 2.21. The Hall–Kier alpha value is -0.610. The van der Waals surface area contributed by atoms with Crippen molar-refractivity contribution in [2.24, 2.45) is 29.5 Å². The largest absolute Gasteiger partial charge is 0.359 e. The van der Waals surface area contributed by atoms with Gasteiger partial charge in [0.1, 0.15) is 0 Å². The standard InChI is InChI=1S/C11H17N3S/c12-14-11(15)13-10-5-6-4-9(10)8-3-1-2-7(6)8/h1,3,6-10H,2,4-5,12H2,(H2,13,14,15)/t6-,7-,8-,9+,10-/m1/s1. The zero-order valence-electron chi connectivity index (χ0n) is 8.65. The molecule has 0 saturated heterocycles. The van der Waals surface area contributed by atoms with Crippen LogP contribution in [0.5, 0.6) is 0 Å². The molecule has 0 unspecified atom stereocenters. The number of allylic oxidation sites excluding steroid dienone is 2. The van der Waals surface area contributed by atoms with Gasteiger partial charge in [-0.05, 0) is 55.2 Å². The maximum absolute atomic E-state index is 5.29. The van der Waals surface area contributed by atoms with E-state index in [0.29, 0.717) is 11.2 Å². The summed E-state index contributed by atoms with van der Waals surface area (Å²) in [5, 5.41) is 3.92. The van der Waals surface area contributed by atoms with Gasteiger partial charge in [0.15, 0.2) is 5.11 Å². The second-order valence-electron chi connectivity index (χ2n) is 5.02. The minimum Gasteiger partial charge on any atom is -0.359 e. The lowest BCUT2D eigenvalue weighted by atomic mass is 9.79. The second kappa shape index (κ2) is 3.46. The first-order chi connectivity index (χ1) is 7.29. The number of hydrazine groups is 1. The first-order valence-corrected chi connectivity index (χ1v) is 6.14. The molecule has 0 heterocycles. The van der Waals surface area contributed by atoms with Gasteiger partial charge >= 0.3 is 0 Å². The lowest BCUT2D eigenvalue weighted by Gasteiger charge is -2.32. The summed E-state index contributed by atoms with van der Waals surface area (Å²) in [4.78, 5) is 0. The predicted molar refractivity (Wildman–Crippen MR) is 63.8 cm³/mol.